The number of rotatable bonds is 5. The van der Waals surface area contributed by atoms with Crippen molar-refractivity contribution in [2.24, 2.45) is 0 Å². The van der Waals surface area contributed by atoms with Gasteiger partial charge < -0.3 is 25.0 Å². The van der Waals surface area contributed by atoms with Gasteiger partial charge in [-0.1, -0.05) is 0 Å². The molecular weight excluding hydrogens is 385 g/mol. The van der Waals surface area contributed by atoms with Gasteiger partial charge in [-0.05, 0) is 25.3 Å². The molecule has 3 N–H and O–H groups in total. The molecule has 0 bridgehead atoms. The average molecular weight is 403 g/mol. The predicted octanol–water partition coefficient (Wildman–Crippen LogP) is 1.80. The summed E-state index contributed by atoms with van der Waals surface area (Å²) in [5.41, 5.74) is -0.866. The summed E-state index contributed by atoms with van der Waals surface area (Å²) in [7, 11) is 1.49. The maximum Gasteiger partial charge on any atom is 0.341 e. The summed E-state index contributed by atoms with van der Waals surface area (Å²) in [4.78, 5) is 49.0. The summed E-state index contributed by atoms with van der Waals surface area (Å²) in [6.07, 6.45) is 2.51. The Balaban J connectivity index is 1.97. The van der Waals surface area contributed by atoms with Crippen molar-refractivity contribution >= 4 is 40.1 Å². The fourth-order valence-electron chi connectivity index (χ4n) is 3.86. The number of pyridine rings is 1. The zero-order valence-electron chi connectivity index (χ0n) is 15.4. The predicted molar refractivity (Wildman–Crippen MR) is 101 cm³/mol. The number of hydrogen-bond acceptors (Lipinski definition) is 5. The topological polar surface area (TPSA) is 129 Å². The highest BCUT2D eigenvalue weighted by atomic mass is 19.1. The van der Waals surface area contributed by atoms with E-state index in [1.54, 1.807) is 4.57 Å². The SMILES string of the molecule is CN1c2c(F)cc3c(=O)c(C(=O)O)cn(C4CC4)c3c2NC(=O)C1CCC(=O)O. The third kappa shape index (κ3) is 3.00. The largest absolute Gasteiger partial charge is 0.481 e. The number of likely N-dealkylation sites (N-methyl/N-ethyl adjacent to an activating group) is 1. The van der Waals surface area contributed by atoms with Crippen LogP contribution in [0.1, 0.15) is 42.1 Å². The minimum absolute atomic E-state index is 0.0119. The lowest BCUT2D eigenvalue weighted by Crippen LogP contribution is -2.47. The van der Waals surface area contributed by atoms with Crippen molar-refractivity contribution < 1.29 is 29.0 Å². The second-order valence-corrected chi connectivity index (χ2v) is 7.34. The first-order valence-electron chi connectivity index (χ1n) is 9.10. The van der Waals surface area contributed by atoms with Crippen LogP contribution in [0.2, 0.25) is 0 Å². The van der Waals surface area contributed by atoms with Crippen molar-refractivity contribution in [3.05, 3.63) is 33.9 Å². The van der Waals surface area contributed by atoms with Crippen LogP contribution in [0.25, 0.3) is 10.9 Å². The van der Waals surface area contributed by atoms with Gasteiger partial charge >= 0.3 is 11.9 Å². The van der Waals surface area contributed by atoms with Gasteiger partial charge in [0.05, 0.1) is 22.3 Å². The number of aromatic carboxylic acids is 1. The van der Waals surface area contributed by atoms with E-state index in [1.165, 1.54) is 18.1 Å². The normalized spacial score (nSPS) is 18.5. The van der Waals surface area contributed by atoms with Crippen LogP contribution in [-0.4, -0.2) is 45.7 Å². The van der Waals surface area contributed by atoms with Gasteiger partial charge in [0.2, 0.25) is 11.3 Å². The van der Waals surface area contributed by atoms with Crippen LogP contribution in [-0.2, 0) is 9.59 Å². The van der Waals surface area contributed by atoms with Crippen molar-refractivity contribution in [2.45, 2.75) is 37.8 Å². The van der Waals surface area contributed by atoms with Crippen LogP contribution >= 0.6 is 0 Å². The molecule has 152 valence electrons. The molecule has 0 radical (unpaired) electrons. The van der Waals surface area contributed by atoms with Gasteiger partial charge in [-0.25, -0.2) is 9.18 Å². The molecule has 1 aromatic carbocycles. The highest BCUT2D eigenvalue weighted by Crippen LogP contribution is 2.44. The lowest BCUT2D eigenvalue weighted by atomic mass is 10.0. The third-order valence-corrected chi connectivity index (χ3v) is 5.42. The molecule has 1 aromatic heterocycles. The van der Waals surface area contributed by atoms with Crippen LogP contribution in [0.15, 0.2) is 17.1 Å². The number of hydrogen-bond donors (Lipinski definition) is 3. The molecule has 1 fully saturated rings. The lowest BCUT2D eigenvalue weighted by Gasteiger charge is -2.36. The maximum atomic E-state index is 15.0. The van der Waals surface area contributed by atoms with E-state index in [-0.39, 0.29) is 41.2 Å². The number of fused-ring (bicyclic) bond motifs is 3. The van der Waals surface area contributed by atoms with Crippen molar-refractivity contribution in [3.8, 4) is 0 Å². The Bertz CT molecular complexity index is 1140. The first-order valence-corrected chi connectivity index (χ1v) is 9.10. The first kappa shape index (κ1) is 18.9. The fraction of sp³-hybridized carbons (Fsp3) is 0.368. The van der Waals surface area contributed by atoms with Gasteiger partial charge in [-0.15, -0.1) is 0 Å². The summed E-state index contributed by atoms with van der Waals surface area (Å²) in [5, 5.41) is 20.8. The van der Waals surface area contributed by atoms with E-state index < -0.39 is 40.7 Å². The monoisotopic (exact) mass is 403 g/mol. The zero-order chi connectivity index (χ0) is 21.0. The van der Waals surface area contributed by atoms with Crippen molar-refractivity contribution in [1.29, 1.82) is 0 Å². The van der Waals surface area contributed by atoms with Crippen LogP contribution < -0.4 is 15.6 Å². The van der Waals surface area contributed by atoms with Crippen LogP contribution in [0.3, 0.4) is 0 Å². The zero-order valence-corrected chi connectivity index (χ0v) is 15.4. The second kappa shape index (κ2) is 6.57. The Labute approximate surface area is 163 Å². The molecule has 29 heavy (non-hydrogen) atoms. The van der Waals surface area contributed by atoms with Gasteiger partial charge in [0, 0.05) is 25.7 Å². The van der Waals surface area contributed by atoms with E-state index in [2.05, 4.69) is 5.32 Å². The number of aliphatic carboxylic acids is 1. The number of nitrogens with one attached hydrogen (secondary N) is 1. The highest BCUT2D eigenvalue weighted by molar-refractivity contribution is 6.12. The number of carbonyl (C=O) groups is 3. The molecule has 1 aliphatic carbocycles. The molecule has 1 saturated carbocycles. The molecule has 9 nitrogen and oxygen atoms in total. The van der Waals surface area contributed by atoms with Gasteiger partial charge in [0.25, 0.3) is 0 Å². The summed E-state index contributed by atoms with van der Waals surface area (Å²) >= 11 is 0. The molecule has 0 spiro atoms. The van der Waals surface area contributed by atoms with E-state index >= 15 is 4.39 Å². The standard InChI is InChI=1S/C19H18FN3O6/c1-22-12(4-5-13(24)25)18(27)21-14-15-9(6-11(20)16(14)22)17(26)10(19(28)29)7-23(15)8-2-3-8/h6-8,12H,2-5H2,1H3,(H,21,27)(H,24,25)(H,28,29). The molecule has 1 amide bonds. The summed E-state index contributed by atoms with van der Waals surface area (Å²) < 4.78 is 16.6. The number of amides is 1. The Kier molecular flexibility index (Phi) is 4.29. The van der Waals surface area contributed by atoms with E-state index in [1.807, 2.05) is 0 Å². The molecule has 4 rings (SSSR count). The first-order chi connectivity index (χ1) is 13.7. The Morgan fingerprint density at radius 3 is 2.55 bits per heavy atom. The number of benzene rings is 1. The number of halogens is 1. The number of carboxylic acid groups (broad SMARTS) is 2. The van der Waals surface area contributed by atoms with Gasteiger partial charge in [0.1, 0.15) is 17.4 Å². The average Bonchev–Trinajstić information content (AvgIpc) is 3.46. The second-order valence-electron chi connectivity index (χ2n) is 7.34. The van der Waals surface area contributed by atoms with E-state index in [0.29, 0.717) is 0 Å². The number of carbonyl (C=O) groups excluding carboxylic acids is 1. The Hall–Kier alpha value is -3.43. The summed E-state index contributed by atoms with van der Waals surface area (Å²) in [6, 6.07) is 0.0620. The molecule has 1 unspecified atom stereocenters. The molecule has 2 aliphatic rings. The molecule has 0 saturated heterocycles. The van der Waals surface area contributed by atoms with Gasteiger partial charge in [-0.3, -0.25) is 14.4 Å². The van der Waals surface area contributed by atoms with Crippen LogP contribution in [0.5, 0.6) is 0 Å². The number of aromatic nitrogens is 1. The Morgan fingerprint density at radius 1 is 1.28 bits per heavy atom. The van der Waals surface area contributed by atoms with Gasteiger partial charge in [0.15, 0.2) is 0 Å². The third-order valence-electron chi connectivity index (χ3n) is 5.42. The Morgan fingerprint density at radius 2 is 1.97 bits per heavy atom. The van der Waals surface area contributed by atoms with E-state index in [0.717, 1.165) is 18.9 Å². The van der Waals surface area contributed by atoms with E-state index in [9.17, 15) is 24.3 Å². The fourth-order valence-corrected chi connectivity index (χ4v) is 3.86. The van der Waals surface area contributed by atoms with Crippen molar-refractivity contribution in [2.75, 3.05) is 17.3 Å². The number of anilines is 2. The smallest absolute Gasteiger partial charge is 0.341 e. The van der Waals surface area contributed by atoms with Crippen LogP contribution in [0.4, 0.5) is 15.8 Å². The maximum absolute atomic E-state index is 15.0. The van der Waals surface area contributed by atoms with Crippen molar-refractivity contribution in [3.63, 3.8) is 0 Å². The van der Waals surface area contributed by atoms with Crippen LogP contribution in [0, 0.1) is 5.82 Å². The molecule has 1 aliphatic heterocycles. The minimum Gasteiger partial charge on any atom is -0.481 e. The molecule has 2 heterocycles. The van der Waals surface area contributed by atoms with Crippen molar-refractivity contribution in [1.82, 2.24) is 4.57 Å². The lowest BCUT2D eigenvalue weighted by molar-refractivity contribution is -0.137. The highest BCUT2D eigenvalue weighted by Gasteiger charge is 2.37. The summed E-state index contributed by atoms with van der Waals surface area (Å²) in [5.74, 6) is -3.78. The molecule has 10 heteroatoms. The minimum atomic E-state index is -1.40. The quantitative estimate of drug-likeness (QED) is 0.694. The number of nitrogens with zero attached hydrogens (tertiary/aromatic N) is 2. The summed E-state index contributed by atoms with van der Waals surface area (Å²) in [6.45, 7) is 0. The van der Waals surface area contributed by atoms with E-state index in [4.69, 9.17) is 5.11 Å². The molecular formula is C19H18FN3O6. The number of carboxylic acids is 2. The van der Waals surface area contributed by atoms with Gasteiger partial charge in [-0.2, -0.15) is 0 Å². The molecule has 1 atom stereocenters. The molecule has 2 aromatic rings.